The van der Waals surface area contributed by atoms with Gasteiger partial charge in [-0.2, -0.15) is 0 Å². The molecule has 4 saturated carbocycles. The number of halogens is 1. The Morgan fingerprint density at radius 2 is 1.40 bits per heavy atom. The van der Waals surface area contributed by atoms with E-state index >= 15 is 0 Å². The molecule has 1 nitrogen and oxygen atoms in total. The molecule has 0 heterocycles. The van der Waals surface area contributed by atoms with Crippen LogP contribution in [0.25, 0.3) is 0 Å². The molecule has 88 valence electrons. The molecule has 1 N–H and O–H groups in total. The minimum atomic E-state index is 0.538. The second-order valence-electron chi connectivity index (χ2n) is 6.78. The van der Waals surface area contributed by atoms with Crippen LogP contribution in [0, 0.1) is 16.7 Å². The Balaban J connectivity index is 0.000000404. The maximum Gasteiger partial charge on any atom is 0.0319 e. The molecule has 4 rings (SSSR count). The van der Waals surface area contributed by atoms with Crippen molar-refractivity contribution in [2.75, 3.05) is 7.11 Å². The smallest absolute Gasteiger partial charge is 0.0319 e. The van der Waals surface area contributed by atoms with Crippen LogP contribution in [0.3, 0.4) is 0 Å². The zero-order valence-electron chi connectivity index (χ0n) is 10.1. The third-order valence-electron chi connectivity index (χ3n) is 4.56. The first-order valence-corrected chi connectivity index (χ1v) is 6.84. The van der Waals surface area contributed by atoms with Crippen molar-refractivity contribution in [3.8, 4) is 0 Å². The Kier molecular flexibility index (Phi) is 2.75. The summed E-state index contributed by atoms with van der Waals surface area (Å²) in [5, 5.41) is 7.00. The molecule has 0 aromatic heterocycles. The monoisotopic (exact) mass is 274 g/mol. The van der Waals surface area contributed by atoms with Crippen LogP contribution >= 0.6 is 15.9 Å². The third kappa shape index (κ3) is 2.00. The van der Waals surface area contributed by atoms with Crippen molar-refractivity contribution >= 4 is 15.9 Å². The largest absolute Gasteiger partial charge is 0.400 e. The van der Waals surface area contributed by atoms with E-state index in [2.05, 4.69) is 29.8 Å². The van der Waals surface area contributed by atoms with Gasteiger partial charge in [-0.3, -0.25) is 0 Å². The number of rotatable bonds is 0. The van der Waals surface area contributed by atoms with E-state index in [9.17, 15) is 0 Å². The van der Waals surface area contributed by atoms with Crippen LogP contribution in [0.1, 0.15) is 52.4 Å². The van der Waals surface area contributed by atoms with Crippen molar-refractivity contribution in [1.82, 2.24) is 0 Å². The summed E-state index contributed by atoms with van der Waals surface area (Å²) in [4.78, 5) is 0. The molecule has 0 amide bonds. The van der Waals surface area contributed by atoms with Crippen LogP contribution < -0.4 is 0 Å². The second-order valence-corrected chi connectivity index (χ2v) is 8.46. The van der Waals surface area contributed by atoms with E-state index in [1.54, 1.807) is 0 Å². The predicted octanol–water partition coefficient (Wildman–Crippen LogP) is 3.74. The van der Waals surface area contributed by atoms with Gasteiger partial charge in [-0.15, -0.1) is 0 Å². The zero-order chi connectivity index (χ0) is 11.3. The van der Waals surface area contributed by atoms with Crippen molar-refractivity contribution in [2.45, 2.75) is 56.7 Å². The molecule has 0 radical (unpaired) electrons. The molecule has 0 saturated heterocycles. The van der Waals surface area contributed by atoms with Crippen molar-refractivity contribution in [2.24, 2.45) is 16.7 Å². The lowest BCUT2D eigenvalue weighted by Gasteiger charge is -2.63. The van der Waals surface area contributed by atoms with E-state index in [0.29, 0.717) is 15.2 Å². The summed E-state index contributed by atoms with van der Waals surface area (Å²) < 4.78 is 0.538. The van der Waals surface area contributed by atoms with E-state index in [-0.39, 0.29) is 0 Å². The summed E-state index contributed by atoms with van der Waals surface area (Å²) in [6, 6.07) is 0. The molecule has 2 heteroatoms. The fraction of sp³-hybridized carbons (Fsp3) is 1.00. The SMILES string of the molecule is CC12CC3CC(C)(C1)CC(Br)(C3)C2.CO. The van der Waals surface area contributed by atoms with Gasteiger partial charge in [-0.1, -0.05) is 29.8 Å². The summed E-state index contributed by atoms with van der Waals surface area (Å²) in [7, 11) is 1.00. The predicted molar refractivity (Wildman–Crippen MR) is 67.2 cm³/mol. The van der Waals surface area contributed by atoms with Crippen LogP contribution in [-0.2, 0) is 0 Å². The van der Waals surface area contributed by atoms with Gasteiger partial charge in [0.1, 0.15) is 0 Å². The molecule has 4 bridgehead atoms. The first kappa shape index (κ1) is 11.9. The molecule has 2 unspecified atom stereocenters. The average molecular weight is 275 g/mol. The molecule has 4 aliphatic carbocycles. The van der Waals surface area contributed by atoms with Crippen LogP contribution in [0.5, 0.6) is 0 Å². The standard InChI is InChI=1S/C12H19Br.CH4O/c1-10-3-9-4-11(2,6-10)8-12(13,5-9)7-10;1-2/h9H,3-8H2,1-2H3;2H,1H3. The van der Waals surface area contributed by atoms with Gasteiger partial charge in [0.25, 0.3) is 0 Å². The lowest BCUT2D eigenvalue weighted by atomic mass is 9.45. The van der Waals surface area contributed by atoms with Crippen molar-refractivity contribution in [1.29, 1.82) is 0 Å². The lowest BCUT2D eigenvalue weighted by Crippen LogP contribution is -2.55. The molecular weight excluding hydrogens is 252 g/mol. The Labute approximate surface area is 102 Å². The summed E-state index contributed by atoms with van der Waals surface area (Å²) >= 11 is 4.03. The number of aliphatic hydroxyl groups is 1. The molecule has 4 fully saturated rings. The zero-order valence-corrected chi connectivity index (χ0v) is 11.7. The average Bonchev–Trinajstić information content (AvgIpc) is 1.97. The van der Waals surface area contributed by atoms with Crippen LogP contribution in [0.2, 0.25) is 0 Å². The summed E-state index contributed by atoms with van der Waals surface area (Å²) in [5.74, 6) is 1.03. The van der Waals surface area contributed by atoms with Gasteiger partial charge < -0.3 is 5.11 Å². The highest BCUT2D eigenvalue weighted by Gasteiger charge is 2.59. The van der Waals surface area contributed by atoms with Crippen molar-refractivity contribution in [3.63, 3.8) is 0 Å². The van der Waals surface area contributed by atoms with Gasteiger partial charge in [-0.05, 0) is 55.3 Å². The Morgan fingerprint density at radius 3 is 1.73 bits per heavy atom. The fourth-order valence-corrected chi connectivity index (χ4v) is 7.12. The number of aliphatic hydroxyl groups excluding tert-OH is 1. The molecule has 0 aliphatic heterocycles. The van der Waals surface area contributed by atoms with Crippen molar-refractivity contribution in [3.05, 3.63) is 0 Å². The second kappa shape index (κ2) is 3.46. The van der Waals surface area contributed by atoms with Crippen LogP contribution in [0.15, 0.2) is 0 Å². The fourth-order valence-electron chi connectivity index (χ4n) is 5.31. The van der Waals surface area contributed by atoms with E-state index in [1.165, 1.54) is 38.5 Å². The maximum atomic E-state index is 7.00. The summed E-state index contributed by atoms with van der Waals surface area (Å²) in [6.07, 6.45) is 8.84. The van der Waals surface area contributed by atoms with Crippen LogP contribution in [-0.4, -0.2) is 16.5 Å². The number of alkyl halides is 1. The highest BCUT2D eigenvalue weighted by Crippen LogP contribution is 2.68. The topological polar surface area (TPSA) is 20.2 Å². The number of hydrogen-bond donors (Lipinski definition) is 1. The van der Waals surface area contributed by atoms with E-state index in [1.807, 2.05) is 0 Å². The molecule has 0 aromatic carbocycles. The highest BCUT2D eigenvalue weighted by molar-refractivity contribution is 9.10. The first-order valence-electron chi connectivity index (χ1n) is 6.04. The minimum absolute atomic E-state index is 0.538. The quantitative estimate of drug-likeness (QED) is 0.668. The van der Waals surface area contributed by atoms with Gasteiger partial charge in [0.05, 0.1) is 0 Å². The van der Waals surface area contributed by atoms with Gasteiger partial charge in [-0.25, -0.2) is 0 Å². The number of hydrogen-bond acceptors (Lipinski definition) is 1. The minimum Gasteiger partial charge on any atom is -0.400 e. The van der Waals surface area contributed by atoms with Gasteiger partial charge in [0.15, 0.2) is 0 Å². The Bertz CT molecular complexity index is 212. The first-order chi connectivity index (χ1) is 6.91. The molecule has 0 spiro atoms. The summed E-state index contributed by atoms with van der Waals surface area (Å²) in [5.41, 5.74) is 1.36. The molecule has 15 heavy (non-hydrogen) atoms. The molecule has 0 aromatic rings. The molecule has 2 atom stereocenters. The normalized spacial score (nSPS) is 56.2. The van der Waals surface area contributed by atoms with Gasteiger partial charge in [0.2, 0.25) is 0 Å². The third-order valence-corrected chi connectivity index (χ3v) is 5.44. The lowest BCUT2D eigenvalue weighted by molar-refractivity contribution is -0.0755. The molecular formula is C13H23BrO. The van der Waals surface area contributed by atoms with Crippen molar-refractivity contribution < 1.29 is 5.11 Å². The highest BCUT2D eigenvalue weighted by atomic mass is 79.9. The van der Waals surface area contributed by atoms with E-state index in [0.717, 1.165) is 13.0 Å². The Hall–Kier alpha value is 0.440. The van der Waals surface area contributed by atoms with E-state index in [4.69, 9.17) is 5.11 Å². The Morgan fingerprint density at radius 1 is 0.933 bits per heavy atom. The van der Waals surface area contributed by atoms with Gasteiger partial charge >= 0.3 is 0 Å². The van der Waals surface area contributed by atoms with Crippen LogP contribution in [0.4, 0.5) is 0 Å². The van der Waals surface area contributed by atoms with E-state index < -0.39 is 0 Å². The summed E-state index contributed by atoms with van der Waals surface area (Å²) in [6.45, 7) is 5.04. The molecule has 4 aliphatic rings. The van der Waals surface area contributed by atoms with Gasteiger partial charge in [0, 0.05) is 11.4 Å². The maximum absolute atomic E-state index is 7.00.